The van der Waals surface area contributed by atoms with Gasteiger partial charge in [-0.25, -0.2) is 4.79 Å². The summed E-state index contributed by atoms with van der Waals surface area (Å²) >= 11 is 0. The van der Waals surface area contributed by atoms with Crippen molar-refractivity contribution in [2.24, 2.45) is 17.6 Å². The van der Waals surface area contributed by atoms with Gasteiger partial charge in [0.1, 0.15) is 5.60 Å². The molecular formula is C12H20N2O5. The van der Waals surface area contributed by atoms with E-state index in [1.807, 2.05) is 0 Å². The number of hydrogen-bond acceptors (Lipinski definition) is 4. The minimum Gasteiger partial charge on any atom is -0.481 e. The van der Waals surface area contributed by atoms with Crippen molar-refractivity contribution in [2.45, 2.75) is 32.8 Å². The number of piperidine rings is 1. The number of nitrogens with two attached hydrogens (primary N) is 1. The summed E-state index contributed by atoms with van der Waals surface area (Å²) in [6.07, 6.45) is -0.464. The number of rotatable bonds is 2. The Morgan fingerprint density at radius 1 is 1.21 bits per heavy atom. The second-order valence-corrected chi connectivity index (χ2v) is 5.76. The molecular weight excluding hydrogens is 252 g/mol. The lowest BCUT2D eigenvalue weighted by Crippen LogP contribution is -2.50. The van der Waals surface area contributed by atoms with Gasteiger partial charge in [-0.3, -0.25) is 9.59 Å². The number of ether oxygens (including phenoxy) is 1. The lowest BCUT2D eigenvalue weighted by Gasteiger charge is -2.35. The number of likely N-dealkylation sites (tertiary alicyclic amines) is 1. The number of aliphatic carboxylic acids is 1. The highest BCUT2D eigenvalue weighted by molar-refractivity contribution is 5.80. The van der Waals surface area contributed by atoms with Crippen LogP contribution in [0.15, 0.2) is 0 Å². The van der Waals surface area contributed by atoms with Crippen molar-refractivity contribution < 1.29 is 24.2 Å². The van der Waals surface area contributed by atoms with Crippen LogP contribution in [0.3, 0.4) is 0 Å². The predicted molar refractivity (Wildman–Crippen MR) is 66.2 cm³/mol. The van der Waals surface area contributed by atoms with Gasteiger partial charge in [-0.15, -0.1) is 0 Å². The Bertz CT molecular complexity index is 366. The molecule has 0 aromatic rings. The van der Waals surface area contributed by atoms with Crippen LogP contribution in [0, 0.1) is 11.8 Å². The molecule has 7 heteroatoms. The van der Waals surface area contributed by atoms with Crippen molar-refractivity contribution in [2.75, 3.05) is 13.1 Å². The first kappa shape index (κ1) is 15.3. The Hall–Kier alpha value is -1.79. The number of carbonyl (C=O) groups is 3. The second-order valence-electron chi connectivity index (χ2n) is 5.76. The Balaban J connectivity index is 2.79. The van der Waals surface area contributed by atoms with Crippen LogP contribution in [0.4, 0.5) is 4.79 Å². The predicted octanol–water partition coefficient (Wildman–Crippen LogP) is 0.430. The van der Waals surface area contributed by atoms with E-state index in [4.69, 9.17) is 15.6 Å². The van der Waals surface area contributed by atoms with E-state index >= 15 is 0 Å². The fourth-order valence-electron chi connectivity index (χ4n) is 1.96. The van der Waals surface area contributed by atoms with E-state index in [2.05, 4.69) is 0 Å². The number of carboxylic acids is 1. The second kappa shape index (κ2) is 5.46. The van der Waals surface area contributed by atoms with E-state index in [0.29, 0.717) is 0 Å². The molecule has 1 aliphatic rings. The molecule has 0 aliphatic carbocycles. The monoisotopic (exact) mass is 272 g/mol. The maximum atomic E-state index is 11.9. The summed E-state index contributed by atoms with van der Waals surface area (Å²) < 4.78 is 5.18. The Labute approximate surface area is 111 Å². The summed E-state index contributed by atoms with van der Waals surface area (Å²) in [5.74, 6) is -3.08. The molecule has 1 saturated heterocycles. The lowest BCUT2D eigenvalue weighted by molar-refractivity contribution is -0.144. The van der Waals surface area contributed by atoms with E-state index in [0.717, 1.165) is 0 Å². The molecule has 19 heavy (non-hydrogen) atoms. The van der Waals surface area contributed by atoms with E-state index in [1.165, 1.54) is 4.90 Å². The number of carbonyl (C=O) groups excluding carboxylic acids is 2. The van der Waals surface area contributed by atoms with Crippen molar-refractivity contribution >= 4 is 18.0 Å². The van der Waals surface area contributed by atoms with Crippen molar-refractivity contribution in [1.29, 1.82) is 0 Å². The van der Waals surface area contributed by atoms with Gasteiger partial charge in [-0.1, -0.05) is 0 Å². The van der Waals surface area contributed by atoms with Gasteiger partial charge < -0.3 is 20.5 Å². The molecule has 0 spiro atoms. The first-order chi connectivity index (χ1) is 8.60. The molecule has 0 radical (unpaired) electrons. The lowest BCUT2D eigenvalue weighted by atomic mass is 9.89. The van der Waals surface area contributed by atoms with Gasteiger partial charge in [0.2, 0.25) is 5.91 Å². The zero-order valence-electron chi connectivity index (χ0n) is 11.4. The van der Waals surface area contributed by atoms with Crippen LogP contribution in [0.25, 0.3) is 0 Å². The number of primary amides is 1. The smallest absolute Gasteiger partial charge is 0.410 e. The third kappa shape index (κ3) is 4.42. The average Bonchev–Trinajstić information content (AvgIpc) is 2.25. The topological polar surface area (TPSA) is 110 Å². The van der Waals surface area contributed by atoms with Crippen LogP contribution in [0.5, 0.6) is 0 Å². The molecule has 0 aromatic heterocycles. The first-order valence-electron chi connectivity index (χ1n) is 6.10. The largest absolute Gasteiger partial charge is 0.481 e. The Morgan fingerprint density at radius 2 is 1.74 bits per heavy atom. The highest BCUT2D eigenvalue weighted by atomic mass is 16.6. The highest BCUT2D eigenvalue weighted by Crippen LogP contribution is 2.23. The molecule has 0 aromatic carbocycles. The summed E-state index contributed by atoms with van der Waals surface area (Å²) in [6, 6.07) is 0. The van der Waals surface area contributed by atoms with Gasteiger partial charge in [0.05, 0.1) is 11.8 Å². The quantitative estimate of drug-likeness (QED) is 0.757. The molecule has 1 rings (SSSR count). The molecule has 2 amide bonds. The Morgan fingerprint density at radius 3 is 2.16 bits per heavy atom. The highest BCUT2D eigenvalue weighted by Gasteiger charge is 2.37. The molecule has 2 atom stereocenters. The van der Waals surface area contributed by atoms with Gasteiger partial charge >= 0.3 is 12.1 Å². The summed E-state index contributed by atoms with van der Waals surface area (Å²) in [5, 5.41) is 9.04. The molecule has 3 N–H and O–H groups in total. The minimum atomic E-state index is -1.04. The number of nitrogens with zero attached hydrogens (tertiary/aromatic N) is 1. The van der Waals surface area contributed by atoms with Crippen LogP contribution in [-0.4, -0.2) is 46.7 Å². The standard InChI is InChI=1S/C12H20N2O5/c1-12(2,3)19-11(18)14-5-7(9(13)15)4-8(6-14)10(16)17/h7-8H,4-6H2,1-3H3,(H2,13,15)(H,16,17)/t7-,8+/m0/s1. The summed E-state index contributed by atoms with van der Waals surface area (Å²) in [7, 11) is 0. The Kier molecular flexibility index (Phi) is 4.39. The summed E-state index contributed by atoms with van der Waals surface area (Å²) in [4.78, 5) is 35.4. The molecule has 0 bridgehead atoms. The molecule has 0 saturated carbocycles. The van der Waals surface area contributed by atoms with E-state index in [1.54, 1.807) is 20.8 Å². The van der Waals surface area contributed by atoms with Crippen LogP contribution < -0.4 is 5.73 Å². The van der Waals surface area contributed by atoms with Crippen molar-refractivity contribution in [3.05, 3.63) is 0 Å². The summed E-state index contributed by atoms with van der Waals surface area (Å²) in [5.41, 5.74) is 4.54. The van der Waals surface area contributed by atoms with Gasteiger partial charge in [-0.05, 0) is 27.2 Å². The van der Waals surface area contributed by atoms with Crippen molar-refractivity contribution in [1.82, 2.24) is 4.90 Å². The number of carboxylic acid groups (broad SMARTS) is 1. The molecule has 0 unspecified atom stereocenters. The third-order valence-corrected chi connectivity index (χ3v) is 2.85. The molecule has 7 nitrogen and oxygen atoms in total. The zero-order chi connectivity index (χ0) is 14.8. The van der Waals surface area contributed by atoms with E-state index in [9.17, 15) is 14.4 Å². The minimum absolute atomic E-state index is 0.0357. The molecule has 1 fully saturated rings. The molecule has 108 valence electrons. The summed E-state index contributed by atoms with van der Waals surface area (Å²) in [6.45, 7) is 5.29. The maximum Gasteiger partial charge on any atom is 0.410 e. The van der Waals surface area contributed by atoms with E-state index < -0.39 is 35.4 Å². The fraction of sp³-hybridized carbons (Fsp3) is 0.750. The SMILES string of the molecule is CC(C)(C)OC(=O)N1C[C@@H](C(N)=O)C[C@@H](C(=O)O)C1. The van der Waals surface area contributed by atoms with E-state index in [-0.39, 0.29) is 19.5 Å². The van der Waals surface area contributed by atoms with Crippen LogP contribution in [0.2, 0.25) is 0 Å². The normalized spacial score (nSPS) is 23.8. The first-order valence-corrected chi connectivity index (χ1v) is 6.10. The third-order valence-electron chi connectivity index (χ3n) is 2.85. The van der Waals surface area contributed by atoms with Crippen LogP contribution in [-0.2, 0) is 14.3 Å². The van der Waals surface area contributed by atoms with Crippen LogP contribution >= 0.6 is 0 Å². The van der Waals surface area contributed by atoms with Gasteiger partial charge in [-0.2, -0.15) is 0 Å². The van der Waals surface area contributed by atoms with Gasteiger partial charge in [0.15, 0.2) is 0 Å². The van der Waals surface area contributed by atoms with Crippen molar-refractivity contribution in [3.8, 4) is 0 Å². The number of amides is 2. The maximum absolute atomic E-state index is 11.9. The average molecular weight is 272 g/mol. The van der Waals surface area contributed by atoms with Crippen LogP contribution in [0.1, 0.15) is 27.2 Å². The molecule has 1 heterocycles. The van der Waals surface area contributed by atoms with Crippen molar-refractivity contribution in [3.63, 3.8) is 0 Å². The van der Waals surface area contributed by atoms with Gasteiger partial charge in [0.25, 0.3) is 0 Å². The number of hydrogen-bond donors (Lipinski definition) is 2. The zero-order valence-corrected chi connectivity index (χ0v) is 11.4. The van der Waals surface area contributed by atoms with Gasteiger partial charge in [0, 0.05) is 13.1 Å². The fourth-order valence-corrected chi connectivity index (χ4v) is 1.96. The molecule has 1 aliphatic heterocycles.